The molecule has 7 N–H and O–H groups in total. The third kappa shape index (κ3) is 11.0. The number of aromatic amines is 2. The first-order valence-electron chi connectivity index (χ1n) is 16.7. The van der Waals surface area contributed by atoms with E-state index in [4.69, 9.17) is 14.6 Å². The van der Waals surface area contributed by atoms with E-state index in [0.29, 0.717) is 42.7 Å². The van der Waals surface area contributed by atoms with E-state index in [1.165, 1.54) is 12.8 Å². The van der Waals surface area contributed by atoms with Gasteiger partial charge in [0, 0.05) is 58.1 Å². The lowest BCUT2D eigenvalue weighted by molar-refractivity contribution is 0.101. The number of H-pyrrole nitrogens is 2. The Kier molecular flexibility index (Phi) is 12.6. The molecule has 1 aliphatic rings. The summed E-state index contributed by atoms with van der Waals surface area (Å²) in [4.78, 5) is 24.0. The highest BCUT2D eigenvalue weighted by molar-refractivity contribution is 9.10. The van der Waals surface area contributed by atoms with E-state index in [1.54, 1.807) is 19.3 Å². The highest BCUT2D eigenvalue weighted by Crippen LogP contribution is 2.25. The second kappa shape index (κ2) is 17.5. The van der Waals surface area contributed by atoms with Crippen LogP contribution in [-0.4, -0.2) is 102 Å². The van der Waals surface area contributed by atoms with Crippen molar-refractivity contribution in [1.29, 1.82) is 0 Å². The van der Waals surface area contributed by atoms with Crippen LogP contribution in [0.25, 0.3) is 45.1 Å². The molecule has 3 unspecified atom stereocenters. The number of ether oxygens (including phenoxy) is 2. The maximum atomic E-state index is 9.91. The van der Waals surface area contributed by atoms with Gasteiger partial charge in [-0.25, -0.2) is 19.9 Å². The van der Waals surface area contributed by atoms with Crippen molar-refractivity contribution in [2.45, 2.75) is 44.1 Å². The van der Waals surface area contributed by atoms with Crippen LogP contribution in [0.2, 0.25) is 0 Å². The minimum absolute atomic E-state index is 0.175. The number of hydrogen-bond acceptors (Lipinski definition) is 11. The molecule has 3 atom stereocenters. The first kappa shape index (κ1) is 36.8. The van der Waals surface area contributed by atoms with E-state index in [0.717, 1.165) is 48.5 Å². The van der Waals surface area contributed by atoms with Gasteiger partial charge in [0.25, 0.3) is 0 Å². The van der Waals surface area contributed by atoms with Gasteiger partial charge in [-0.05, 0) is 112 Å². The van der Waals surface area contributed by atoms with Gasteiger partial charge in [0.15, 0.2) is 11.3 Å². The zero-order valence-corrected chi connectivity index (χ0v) is 31.1. The van der Waals surface area contributed by atoms with Crippen molar-refractivity contribution >= 4 is 54.2 Å². The Hall–Kier alpha value is -3.96. The van der Waals surface area contributed by atoms with Crippen LogP contribution in [0.5, 0.6) is 11.5 Å². The lowest BCUT2D eigenvalue weighted by Gasteiger charge is -2.14. The molecular formula is C36H40Br2N8O5. The number of aromatic nitrogens is 6. The fourth-order valence-corrected chi connectivity index (χ4v) is 5.65. The van der Waals surface area contributed by atoms with Gasteiger partial charge in [-0.2, -0.15) is 0 Å². The quantitative estimate of drug-likeness (QED) is 0.0741. The Morgan fingerprint density at radius 1 is 0.725 bits per heavy atom. The van der Waals surface area contributed by atoms with Crippen molar-refractivity contribution in [3.63, 3.8) is 0 Å². The zero-order chi connectivity index (χ0) is 35.7. The minimum Gasteiger partial charge on any atom is -0.491 e. The number of aliphatic hydroxyl groups is 3. The molecule has 0 spiro atoms. The monoisotopic (exact) mass is 822 g/mol. The summed E-state index contributed by atoms with van der Waals surface area (Å²) in [5.74, 6) is 2.90. The largest absolute Gasteiger partial charge is 0.491 e. The van der Waals surface area contributed by atoms with E-state index in [9.17, 15) is 10.2 Å². The third-order valence-electron chi connectivity index (χ3n) is 7.79. The number of nitrogens with one attached hydrogen (secondary N) is 4. The number of nitrogens with zero attached hydrogens (tertiary/aromatic N) is 4. The van der Waals surface area contributed by atoms with Crippen LogP contribution in [0, 0.1) is 0 Å². The average Bonchev–Trinajstić information content (AvgIpc) is 3.71. The predicted molar refractivity (Wildman–Crippen MR) is 203 cm³/mol. The first-order chi connectivity index (χ1) is 24.7. The van der Waals surface area contributed by atoms with Gasteiger partial charge in [0.05, 0.1) is 17.1 Å². The summed E-state index contributed by atoms with van der Waals surface area (Å²) in [5.41, 5.74) is 4.97. The molecule has 4 aromatic heterocycles. The molecule has 0 saturated heterocycles. The second-order valence-corrected chi connectivity index (χ2v) is 14.2. The summed E-state index contributed by atoms with van der Waals surface area (Å²) in [6.07, 6.45) is 4.28. The SMILES string of the molecule is CC(O)CNCC(O)COc1ccc(-c2nc3ncc(Br)cc3[nH]2)cc1.OC(CNC1CC1)COc1ccc(-c2nc3ncc(Br)cc3[nH]2)cc1. The third-order valence-corrected chi connectivity index (χ3v) is 8.65. The molecule has 1 saturated carbocycles. The van der Waals surface area contributed by atoms with Gasteiger partial charge in [-0.3, -0.25) is 0 Å². The summed E-state index contributed by atoms with van der Waals surface area (Å²) in [7, 11) is 0. The molecule has 0 aliphatic heterocycles. The summed E-state index contributed by atoms with van der Waals surface area (Å²) in [6.45, 7) is 3.52. The molecule has 15 heteroatoms. The van der Waals surface area contributed by atoms with Crippen LogP contribution in [0.4, 0.5) is 0 Å². The molecule has 4 heterocycles. The molecule has 1 aliphatic carbocycles. The highest BCUT2D eigenvalue weighted by atomic mass is 79.9. The Morgan fingerprint density at radius 2 is 1.20 bits per heavy atom. The Morgan fingerprint density at radius 3 is 1.65 bits per heavy atom. The number of halogens is 2. The van der Waals surface area contributed by atoms with Gasteiger partial charge >= 0.3 is 0 Å². The van der Waals surface area contributed by atoms with Crippen LogP contribution in [0.1, 0.15) is 19.8 Å². The van der Waals surface area contributed by atoms with E-state index in [2.05, 4.69) is 72.4 Å². The van der Waals surface area contributed by atoms with Crippen LogP contribution >= 0.6 is 31.9 Å². The van der Waals surface area contributed by atoms with Gasteiger partial charge < -0.3 is 45.4 Å². The van der Waals surface area contributed by atoms with E-state index in [1.807, 2.05) is 60.7 Å². The molecular weight excluding hydrogens is 784 g/mol. The summed E-state index contributed by atoms with van der Waals surface area (Å²) < 4.78 is 13.0. The normalized spacial score (nSPS) is 14.5. The number of imidazole rings is 2. The lowest BCUT2D eigenvalue weighted by Crippen LogP contribution is -2.35. The Labute approximate surface area is 311 Å². The van der Waals surface area contributed by atoms with Gasteiger partial charge in [0.2, 0.25) is 0 Å². The van der Waals surface area contributed by atoms with Crippen LogP contribution in [0.3, 0.4) is 0 Å². The number of hydrogen-bond donors (Lipinski definition) is 7. The summed E-state index contributed by atoms with van der Waals surface area (Å²) in [5, 5.41) is 35.2. The number of benzene rings is 2. The number of fused-ring (bicyclic) bond motifs is 2. The molecule has 0 radical (unpaired) electrons. The summed E-state index contributed by atoms with van der Waals surface area (Å²) >= 11 is 6.80. The molecule has 7 rings (SSSR count). The second-order valence-electron chi connectivity index (χ2n) is 12.4. The topological polar surface area (TPSA) is 186 Å². The van der Waals surface area contributed by atoms with Gasteiger partial charge in [-0.15, -0.1) is 0 Å². The van der Waals surface area contributed by atoms with Crippen molar-refractivity contribution in [2.75, 3.05) is 32.8 Å². The molecule has 13 nitrogen and oxygen atoms in total. The molecule has 2 aromatic carbocycles. The molecule has 0 bridgehead atoms. The maximum Gasteiger partial charge on any atom is 0.178 e. The number of rotatable bonds is 15. The van der Waals surface area contributed by atoms with E-state index in [-0.39, 0.29) is 13.2 Å². The molecule has 268 valence electrons. The predicted octanol–water partition coefficient (Wildman–Crippen LogP) is 4.98. The fourth-order valence-electron chi connectivity index (χ4n) is 4.99. The van der Waals surface area contributed by atoms with Gasteiger partial charge in [0.1, 0.15) is 48.6 Å². The lowest BCUT2D eigenvalue weighted by atomic mass is 10.2. The van der Waals surface area contributed by atoms with Crippen molar-refractivity contribution in [3.8, 4) is 34.3 Å². The van der Waals surface area contributed by atoms with Crippen molar-refractivity contribution in [2.24, 2.45) is 0 Å². The van der Waals surface area contributed by atoms with Crippen LogP contribution < -0.4 is 20.1 Å². The van der Waals surface area contributed by atoms with E-state index < -0.39 is 18.3 Å². The minimum atomic E-state index is -0.645. The smallest absolute Gasteiger partial charge is 0.178 e. The van der Waals surface area contributed by atoms with E-state index >= 15 is 0 Å². The van der Waals surface area contributed by atoms with Crippen LogP contribution in [0.15, 0.2) is 82.0 Å². The van der Waals surface area contributed by atoms with Crippen molar-refractivity contribution in [3.05, 3.63) is 82.0 Å². The Bertz CT molecular complexity index is 2000. The molecule has 1 fully saturated rings. The molecule has 6 aromatic rings. The number of aliphatic hydroxyl groups excluding tert-OH is 3. The average molecular weight is 825 g/mol. The molecule has 51 heavy (non-hydrogen) atoms. The highest BCUT2D eigenvalue weighted by Gasteiger charge is 2.21. The van der Waals surface area contributed by atoms with Crippen molar-refractivity contribution in [1.82, 2.24) is 40.5 Å². The first-order valence-corrected chi connectivity index (χ1v) is 18.2. The van der Waals surface area contributed by atoms with Crippen molar-refractivity contribution < 1.29 is 24.8 Å². The Balaban J connectivity index is 0.000000176. The molecule has 0 amide bonds. The fraction of sp³-hybridized carbons (Fsp3) is 0.333. The maximum absolute atomic E-state index is 9.91. The van der Waals surface area contributed by atoms with Crippen LogP contribution in [-0.2, 0) is 0 Å². The zero-order valence-electron chi connectivity index (χ0n) is 27.9. The van der Waals surface area contributed by atoms with Gasteiger partial charge in [-0.1, -0.05) is 0 Å². The summed E-state index contributed by atoms with van der Waals surface area (Å²) in [6, 6.07) is 19.6. The standard InChI is InChI=1S/C18H21BrN4O3.C18H19BrN4O2/c1-11(24)7-20-9-14(25)10-26-15-4-2-12(3-5-15)17-22-16-6-13(19)8-21-18(16)23-17;19-12-7-16-18(21-8-12)23-17(22-16)11-1-5-15(6-2-11)25-10-14(24)9-20-13-3-4-13/h2-6,8,11,14,20,24-25H,7,9-10H2,1H3,(H,21,22,23);1-2,5-8,13-14,20,24H,3-4,9-10H2,(H,21,22,23). The number of pyridine rings is 2.